The van der Waals surface area contributed by atoms with Crippen molar-refractivity contribution in [1.29, 1.82) is 0 Å². The molecule has 2 aliphatic rings. The van der Waals surface area contributed by atoms with E-state index in [1.54, 1.807) is 26.1 Å². The van der Waals surface area contributed by atoms with Crippen LogP contribution in [0.2, 0.25) is 5.02 Å². The first kappa shape index (κ1) is 24.8. The zero-order valence-electron chi connectivity index (χ0n) is 19.7. The molecular weight excluding hydrogens is 456 g/mol. The largest absolute Gasteiger partial charge is 0.370 e. The number of hydrogen-bond acceptors (Lipinski definition) is 7. The molecule has 3 unspecified atom stereocenters. The van der Waals surface area contributed by atoms with Crippen LogP contribution < -0.4 is 5.73 Å². The number of hydrogen-bond donors (Lipinski definition) is 3. The Bertz CT molecular complexity index is 1090. The lowest BCUT2D eigenvalue weighted by Gasteiger charge is -2.33. The lowest BCUT2D eigenvalue weighted by molar-refractivity contribution is -0.218. The number of amides is 1. The molecule has 1 aromatic heterocycles. The SMILES string of the molecule is Cc1ccc(C(CC(N)=O)N2CC3CN(C(O)(O)C(=O)c4c(C)ccnc4C)CC3C2)cc1Cl. The van der Waals surface area contributed by atoms with Gasteiger partial charge >= 0.3 is 0 Å². The number of primary amides is 1. The molecule has 3 atom stereocenters. The number of rotatable bonds is 7. The number of aliphatic hydroxyl groups is 2. The second-order valence-electron chi connectivity index (χ2n) is 9.63. The lowest BCUT2D eigenvalue weighted by atomic mass is 10.00. The van der Waals surface area contributed by atoms with Crippen LogP contribution in [0, 0.1) is 32.6 Å². The highest BCUT2D eigenvalue weighted by Crippen LogP contribution is 2.40. The third kappa shape index (κ3) is 4.61. The fourth-order valence-electron chi connectivity index (χ4n) is 5.35. The Hall–Kier alpha value is -2.36. The number of Topliss-reactive ketones (excluding diaryl/α,β-unsaturated/α-hetero) is 1. The summed E-state index contributed by atoms with van der Waals surface area (Å²) < 4.78 is 0. The molecule has 4 N–H and O–H groups in total. The smallest absolute Gasteiger partial charge is 0.292 e. The van der Waals surface area contributed by atoms with Crippen molar-refractivity contribution in [1.82, 2.24) is 14.8 Å². The number of pyridine rings is 1. The zero-order valence-corrected chi connectivity index (χ0v) is 20.4. The molecule has 182 valence electrons. The molecular formula is C25H31ClN4O4. The number of aromatic nitrogens is 1. The van der Waals surface area contributed by atoms with E-state index in [9.17, 15) is 19.8 Å². The normalized spacial score (nSPS) is 22.1. The molecule has 0 radical (unpaired) electrons. The van der Waals surface area contributed by atoms with Crippen LogP contribution in [0.25, 0.3) is 0 Å². The minimum Gasteiger partial charge on any atom is -0.370 e. The second-order valence-corrected chi connectivity index (χ2v) is 10.0. The second kappa shape index (κ2) is 9.36. The van der Waals surface area contributed by atoms with Crippen LogP contribution in [-0.4, -0.2) is 68.8 Å². The van der Waals surface area contributed by atoms with Crippen LogP contribution in [0.15, 0.2) is 30.5 Å². The Morgan fingerprint density at radius 3 is 2.32 bits per heavy atom. The summed E-state index contributed by atoms with van der Waals surface area (Å²) in [5.41, 5.74) is 8.81. The van der Waals surface area contributed by atoms with Crippen molar-refractivity contribution in [2.75, 3.05) is 26.2 Å². The first-order valence-electron chi connectivity index (χ1n) is 11.4. The van der Waals surface area contributed by atoms with Gasteiger partial charge in [-0.25, -0.2) is 4.90 Å². The Kier molecular flexibility index (Phi) is 6.81. The van der Waals surface area contributed by atoms with E-state index >= 15 is 0 Å². The number of likely N-dealkylation sites (tertiary alicyclic amines) is 2. The van der Waals surface area contributed by atoms with Gasteiger partial charge in [-0.2, -0.15) is 0 Å². The maximum absolute atomic E-state index is 13.1. The fraction of sp³-hybridized carbons (Fsp3) is 0.480. The van der Waals surface area contributed by atoms with E-state index in [0.717, 1.165) is 11.1 Å². The first-order chi connectivity index (χ1) is 16.0. The number of carbonyl (C=O) groups is 2. The number of ketones is 1. The lowest BCUT2D eigenvalue weighted by Crippen LogP contribution is -2.55. The molecule has 34 heavy (non-hydrogen) atoms. The summed E-state index contributed by atoms with van der Waals surface area (Å²) in [5.74, 6) is -3.51. The summed E-state index contributed by atoms with van der Waals surface area (Å²) >= 11 is 6.34. The molecule has 2 saturated heterocycles. The average molecular weight is 487 g/mol. The van der Waals surface area contributed by atoms with Crippen LogP contribution in [0.5, 0.6) is 0 Å². The van der Waals surface area contributed by atoms with E-state index in [2.05, 4.69) is 9.88 Å². The van der Waals surface area contributed by atoms with E-state index in [0.29, 0.717) is 42.5 Å². The number of fused-ring (bicyclic) bond motifs is 1. The molecule has 0 aliphatic carbocycles. The van der Waals surface area contributed by atoms with Gasteiger partial charge in [-0.1, -0.05) is 23.7 Å². The van der Waals surface area contributed by atoms with Crippen LogP contribution >= 0.6 is 11.6 Å². The topological polar surface area (TPSA) is 120 Å². The van der Waals surface area contributed by atoms with Crippen molar-refractivity contribution in [2.45, 2.75) is 39.1 Å². The van der Waals surface area contributed by atoms with E-state index in [1.807, 2.05) is 25.1 Å². The van der Waals surface area contributed by atoms with Crippen molar-refractivity contribution < 1.29 is 19.8 Å². The molecule has 9 heteroatoms. The fourth-order valence-corrected chi connectivity index (χ4v) is 5.54. The van der Waals surface area contributed by atoms with E-state index in [4.69, 9.17) is 17.3 Å². The van der Waals surface area contributed by atoms with E-state index < -0.39 is 17.6 Å². The van der Waals surface area contributed by atoms with Gasteiger partial charge in [0.2, 0.25) is 11.7 Å². The molecule has 2 aliphatic heterocycles. The molecule has 2 aromatic rings. The van der Waals surface area contributed by atoms with E-state index in [-0.39, 0.29) is 29.9 Å². The number of benzene rings is 1. The minimum absolute atomic E-state index is 0.124. The van der Waals surface area contributed by atoms with Gasteiger partial charge in [0, 0.05) is 61.1 Å². The third-order valence-electron chi connectivity index (χ3n) is 7.25. The van der Waals surface area contributed by atoms with Gasteiger partial charge in [-0.3, -0.25) is 19.5 Å². The van der Waals surface area contributed by atoms with Gasteiger partial charge in [0.25, 0.3) is 5.91 Å². The zero-order chi connectivity index (χ0) is 24.8. The molecule has 1 aromatic carbocycles. The molecule has 0 spiro atoms. The van der Waals surface area contributed by atoms with Crippen molar-refractivity contribution in [3.8, 4) is 0 Å². The van der Waals surface area contributed by atoms with Crippen LogP contribution in [0.1, 0.15) is 45.2 Å². The van der Waals surface area contributed by atoms with Gasteiger partial charge < -0.3 is 15.9 Å². The molecule has 3 heterocycles. The molecule has 1 amide bonds. The summed E-state index contributed by atoms with van der Waals surface area (Å²) in [4.78, 5) is 32.7. The van der Waals surface area contributed by atoms with E-state index in [1.165, 1.54) is 4.90 Å². The van der Waals surface area contributed by atoms with Gasteiger partial charge in [-0.05, 0) is 61.4 Å². The molecule has 0 bridgehead atoms. The highest BCUT2D eigenvalue weighted by molar-refractivity contribution is 6.31. The van der Waals surface area contributed by atoms with Gasteiger partial charge in [0.15, 0.2) is 0 Å². The highest BCUT2D eigenvalue weighted by atomic mass is 35.5. The van der Waals surface area contributed by atoms with Crippen molar-refractivity contribution >= 4 is 23.3 Å². The van der Waals surface area contributed by atoms with Crippen LogP contribution in [-0.2, 0) is 4.79 Å². The maximum atomic E-state index is 13.1. The van der Waals surface area contributed by atoms with Crippen LogP contribution in [0.3, 0.4) is 0 Å². The standard InChI is InChI=1S/C25H31ClN4O4/c1-14-4-5-17(8-20(14)26)21(9-22(27)31)29-10-18-12-30(13-19(18)11-29)25(33,34)24(32)23-15(2)6-7-28-16(23)3/h4-8,18-19,21,33-34H,9-13H2,1-3H3,(H2,27,31). The summed E-state index contributed by atoms with van der Waals surface area (Å²) in [7, 11) is 0. The van der Waals surface area contributed by atoms with Crippen LogP contribution in [0.4, 0.5) is 0 Å². The molecule has 0 saturated carbocycles. The van der Waals surface area contributed by atoms with Crippen molar-refractivity contribution in [3.05, 3.63) is 63.4 Å². The first-order valence-corrected chi connectivity index (χ1v) is 11.8. The third-order valence-corrected chi connectivity index (χ3v) is 7.66. The summed E-state index contributed by atoms with van der Waals surface area (Å²) in [6, 6.07) is 7.27. The quantitative estimate of drug-likeness (QED) is 0.404. The summed E-state index contributed by atoms with van der Waals surface area (Å²) in [6.45, 7) is 7.38. The average Bonchev–Trinajstić information content (AvgIpc) is 3.33. The Morgan fingerprint density at radius 1 is 1.12 bits per heavy atom. The molecule has 2 fully saturated rings. The highest BCUT2D eigenvalue weighted by Gasteiger charge is 2.51. The van der Waals surface area contributed by atoms with Crippen molar-refractivity contribution in [3.63, 3.8) is 0 Å². The Balaban J connectivity index is 1.50. The number of carbonyl (C=O) groups excluding carboxylic acids is 2. The predicted molar refractivity (Wildman–Crippen MR) is 128 cm³/mol. The van der Waals surface area contributed by atoms with Gasteiger partial charge in [0.1, 0.15) is 0 Å². The number of nitrogens with two attached hydrogens (primary N) is 1. The Morgan fingerprint density at radius 2 is 1.76 bits per heavy atom. The predicted octanol–water partition coefficient (Wildman–Crippen LogP) is 1.96. The number of nitrogens with zero attached hydrogens (tertiary/aromatic N) is 3. The van der Waals surface area contributed by atoms with Gasteiger partial charge in [-0.15, -0.1) is 0 Å². The summed E-state index contributed by atoms with van der Waals surface area (Å²) in [5, 5.41) is 22.4. The Labute approximate surface area is 204 Å². The van der Waals surface area contributed by atoms with Gasteiger partial charge in [0.05, 0.1) is 0 Å². The number of halogens is 1. The van der Waals surface area contributed by atoms with Crippen molar-refractivity contribution in [2.24, 2.45) is 17.6 Å². The monoisotopic (exact) mass is 486 g/mol. The summed E-state index contributed by atoms with van der Waals surface area (Å²) in [6.07, 6.45) is 1.76. The maximum Gasteiger partial charge on any atom is 0.292 e. The number of aryl methyl sites for hydroxylation is 3. The molecule has 4 rings (SSSR count). The molecule has 8 nitrogen and oxygen atoms in total. The minimum atomic E-state index is -2.61.